The first-order valence-electron chi connectivity index (χ1n) is 8.80. The average molecular weight is 346 g/mol. The summed E-state index contributed by atoms with van der Waals surface area (Å²) in [5, 5.41) is 2.92. The fourth-order valence-corrected chi connectivity index (χ4v) is 3.50. The van der Waals surface area contributed by atoms with Crippen molar-refractivity contribution in [2.45, 2.75) is 25.4 Å². The first kappa shape index (κ1) is 16.2. The first-order chi connectivity index (χ1) is 12.2. The third kappa shape index (κ3) is 3.42. The van der Waals surface area contributed by atoms with Gasteiger partial charge in [-0.1, -0.05) is 0 Å². The molecule has 0 saturated carbocycles. The van der Waals surface area contributed by atoms with Gasteiger partial charge in [0.15, 0.2) is 11.5 Å². The number of hydrogen-bond donors (Lipinski definition) is 1. The molecule has 3 aliphatic rings. The van der Waals surface area contributed by atoms with Crippen LogP contribution in [0.4, 0.5) is 5.69 Å². The number of rotatable bonds is 4. The SMILES string of the molecule is O=C(NCC1CCCO1)C1CC(=O)N(c2ccc3c(c2)OCCO3)C1. The molecule has 0 aromatic heterocycles. The van der Waals surface area contributed by atoms with Crippen molar-refractivity contribution in [2.75, 3.05) is 37.8 Å². The van der Waals surface area contributed by atoms with Crippen LogP contribution in [0.25, 0.3) is 0 Å². The maximum Gasteiger partial charge on any atom is 0.227 e. The minimum Gasteiger partial charge on any atom is -0.486 e. The summed E-state index contributed by atoms with van der Waals surface area (Å²) in [5.41, 5.74) is 0.740. The molecular weight excluding hydrogens is 324 g/mol. The number of ether oxygens (including phenoxy) is 3. The second-order valence-corrected chi connectivity index (χ2v) is 6.61. The number of hydrogen-bond acceptors (Lipinski definition) is 5. The van der Waals surface area contributed by atoms with E-state index in [1.165, 1.54) is 0 Å². The lowest BCUT2D eigenvalue weighted by Crippen LogP contribution is -2.37. The Kier molecular flexibility index (Phi) is 4.48. The monoisotopic (exact) mass is 346 g/mol. The van der Waals surface area contributed by atoms with Crippen molar-refractivity contribution in [3.05, 3.63) is 18.2 Å². The highest BCUT2D eigenvalue weighted by Gasteiger charge is 2.35. The number of carbonyl (C=O) groups is 2. The van der Waals surface area contributed by atoms with Crippen LogP contribution in [0.5, 0.6) is 11.5 Å². The molecule has 2 atom stereocenters. The number of fused-ring (bicyclic) bond motifs is 1. The molecule has 3 heterocycles. The van der Waals surface area contributed by atoms with Crippen LogP contribution in [-0.4, -0.2) is 50.8 Å². The van der Waals surface area contributed by atoms with E-state index in [2.05, 4.69) is 5.32 Å². The number of amides is 2. The van der Waals surface area contributed by atoms with Crippen LogP contribution in [0.2, 0.25) is 0 Å². The number of carbonyl (C=O) groups excluding carboxylic acids is 2. The first-order valence-corrected chi connectivity index (χ1v) is 8.80. The van der Waals surface area contributed by atoms with Crippen molar-refractivity contribution in [2.24, 2.45) is 5.92 Å². The molecule has 1 aromatic carbocycles. The van der Waals surface area contributed by atoms with Gasteiger partial charge in [0.25, 0.3) is 0 Å². The Balaban J connectivity index is 1.39. The van der Waals surface area contributed by atoms with E-state index in [0.29, 0.717) is 37.8 Å². The summed E-state index contributed by atoms with van der Waals surface area (Å²) in [5.74, 6) is 0.871. The number of benzene rings is 1. The molecule has 0 radical (unpaired) electrons. The van der Waals surface area contributed by atoms with E-state index < -0.39 is 0 Å². The zero-order valence-electron chi connectivity index (χ0n) is 14.0. The van der Waals surface area contributed by atoms with Crippen LogP contribution in [-0.2, 0) is 14.3 Å². The van der Waals surface area contributed by atoms with Crippen molar-refractivity contribution in [3.63, 3.8) is 0 Å². The zero-order chi connectivity index (χ0) is 17.2. The summed E-state index contributed by atoms with van der Waals surface area (Å²) in [6, 6.07) is 5.44. The second-order valence-electron chi connectivity index (χ2n) is 6.61. The summed E-state index contributed by atoms with van der Waals surface area (Å²) >= 11 is 0. The van der Waals surface area contributed by atoms with Crippen molar-refractivity contribution in [1.82, 2.24) is 5.32 Å². The quantitative estimate of drug-likeness (QED) is 0.884. The Morgan fingerprint density at radius 1 is 1.20 bits per heavy atom. The molecular formula is C18H22N2O5. The molecule has 7 nitrogen and oxygen atoms in total. The summed E-state index contributed by atoms with van der Waals surface area (Å²) in [6.07, 6.45) is 2.36. The summed E-state index contributed by atoms with van der Waals surface area (Å²) in [7, 11) is 0. The Hall–Kier alpha value is -2.28. The predicted molar refractivity (Wildman–Crippen MR) is 89.9 cm³/mol. The minimum atomic E-state index is -0.331. The van der Waals surface area contributed by atoms with Crippen LogP contribution in [0.3, 0.4) is 0 Å². The van der Waals surface area contributed by atoms with E-state index in [1.54, 1.807) is 11.0 Å². The van der Waals surface area contributed by atoms with E-state index in [9.17, 15) is 9.59 Å². The van der Waals surface area contributed by atoms with Gasteiger partial charge in [-0.2, -0.15) is 0 Å². The van der Waals surface area contributed by atoms with Crippen molar-refractivity contribution < 1.29 is 23.8 Å². The lowest BCUT2D eigenvalue weighted by Gasteiger charge is -2.22. The van der Waals surface area contributed by atoms with Crippen molar-refractivity contribution in [3.8, 4) is 11.5 Å². The molecule has 2 fully saturated rings. The van der Waals surface area contributed by atoms with Crippen LogP contribution >= 0.6 is 0 Å². The van der Waals surface area contributed by atoms with Crippen LogP contribution in [0.1, 0.15) is 19.3 Å². The Morgan fingerprint density at radius 3 is 2.84 bits per heavy atom. The standard InChI is InChI=1S/C18H22N2O5/c21-17-8-12(18(22)19-10-14-2-1-5-23-14)11-20(17)13-3-4-15-16(9-13)25-7-6-24-15/h3-4,9,12,14H,1-2,5-8,10-11H2,(H,19,22). The highest BCUT2D eigenvalue weighted by Crippen LogP contribution is 2.35. The van der Waals surface area contributed by atoms with Gasteiger partial charge in [0.1, 0.15) is 13.2 Å². The maximum atomic E-state index is 12.4. The van der Waals surface area contributed by atoms with Gasteiger partial charge in [-0.3, -0.25) is 9.59 Å². The number of nitrogens with one attached hydrogen (secondary N) is 1. The van der Waals surface area contributed by atoms with Crippen LogP contribution in [0, 0.1) is 5.92 Å². The number of nitrogens with zero attached hydrogens (tertiary/aromatic N) is 1. The van der Waals surface area contributed by atoms with E-state index >= 15 is 0 Å². The summed E-state index contributed by atoms with van der Waals surface area (Å²) in [4.78, 5) is 26.4. The Bertz CT molecular complexity index is 671. The molecule has 2 amide bonds. The highest BCUT2D eigenvalue weighted by molar-refractivity contribution is 6.00. The van der Waals surface area contributed by atoms with Gasteiger partial charge >= 0.3 is 0 Å². The molecule has 25 heavy (non-hydrogen) atoms. The van der Waals surface area contributed by atoms with Crippen LogP contribution in [0.15, 0.2) is 18.2 Å². The van der Waals surface area contributed by atoms with E-state index in [1.807, 2.05) is 12.1 Å². The molecule has 4 rings (SSSR count). The van der Waals surface area contributed by atoms with Crippen molar-refractivity contribution in [1.29, 1.82) is 0 Å². The third-order valence-electron chi connectivity index (χ3n) is 4.86. The lowest BCUT2D eigenvalue weighted by atomic mass is 10.1. The summed E-state index contributed by atoms with van der Waals surface area (Å²) < 4.78 is 16.6. The fourth-order valence-electron chi connectivity index (χ4n) is 3.50. The summed E-state index contributed by atoms with van der Waals surface area (Å²) in [6.45, 7) is 2.70. The van der Waals surface area contributed by atoms with E-state index in [-0.39, 0.29) is 30.3 Å². The van der Waals surface area contributed by atoms with Gasteiger partial charge in [0.05, 0.1) is 12.0 Å². The molecule has 2 saturated heterocycles. The topological polar surface area (TPSA) is 77.1 Å². The van der Waals surface area contributed by atoms with E-state index in [0.717, 1.165) is 25.1 Å². The average Bonchev–Trinajstić information content (AvgIpc) is 3.29. The molecule has 2 unspecified atom stereocenters. The zero-order valence-corrected chi connectivity index (χ0v) is 14.0. The van der Waals surface area contributed by atoms with Gasteiger partial charge in [-0.25, -0.2) is 0 Å². The Labute approximate surface area is 146 Å². The molecule has 0 spiro atoms. The molecule has 134 valence electrons. The van der Waals surface area contributed by atoms with Gasteiger partial charge in [-0.05, 0) is 25.0 Å². The van der Waals surface area contributed by atoms with Crippen molar-refractivity contribution >= 4 is 17.5 Å². The second kappa shape index (κ2) is 6.92. The van der Waals surface area contributed by atoms with E-state index in [4.69, 9.17) is 14.2 Å². The van der Waals surface area contributed by atoms with Gasteiger partial charge in [-0.15, -0.1) is 0 Å². The maximum absolute atomic E-state index is 12.4. The third-order valence-corrected chi connectivity index (χ3v) is 4.86. The molecule has 7 heteroatoms. The van der Waals surface area contributed by atoms with Crippen LogP contribution < -0.4 is 19.7 Å². The predicted octanol–water partition coefficient (Wildman–Crippen LogP) is 1.11. The molecule has 1 N–H and O–H groups in total. The van der Waals surface area contributed by atoms with Gasteiger partial charge in [0.2, 0.25) is 11.8 Å². The molecule has 3 aliphatic heterocycles. The largest absolute Gasteiger partial charge is 0.486 e. The van der Waals surface area contributed by atoms with Gasteiger partial charge in [0, 0.05) is 37.9 Å². The minimum absolute atomic E-state index is 0.0473. The van der Waals surface area contributed by atoms with Gasteiger partial charge < -0.3 is 24.4 Å². The highest BCUT2D eigenvalue weighted by atomic mass is 16.6. The number of anilines is 1. The molecule has 1 aromatic rings. The Morgan fingerprint density at radius 2 is 2.04 bits per heavy atom. The fraction of sp³-hybridized carbons (Fsp3) is 0.556. The molecule has 0 bridgehead atoms. The molecule has 0 aliphatic carbocycles. The smallest absolute Gasteiger partial charge is 0.227 e. The lowest BCUT2D eigenvalue weighted by molar-refractivity contribution is -0.126. The normalized spacial score (nSPS) is 25.3.